The third-order valence-corrected chi connectivity index (χ3v) is 4.57. The summed E-state index contributed by atoms with van der Waals surface area (Å²) in [4.78, 5) is 4.32. The summed E-state index contributed by atoms with van der Waals surface area (Å²) in [5, 5.41) is 13.2. The average Bonchev–Trinajstić information content (AvgIpc) is 3.30. The van der Waals surface area contributed by atoms with E-state index in [4.69, 9.17) is 16.0 Å². The Morgan fingerprint density at radius 2 is 1.96 bits per heavy atom. The van der Waals surface area contributed by atoms with Gasteiger partial charge in [0.25, 0.3) is 0 Å². The first kappa shape index (κ1) is 15.9. The molecule has 4 rings (SSSR count). The number of hydrogen-bond acceptors (Lipinski definition) is 6. The Labute approximate surface area is 152 Å². The van der Waals surface area contributed by atoms with E-state index in [1.807, 2.05) is 54.6 Å². The minimum absolute atomic E-state index is 0.522. The molecule has 2 aromatic carbocycles. The van der Waals surface area contributed by atoms with Crippen LogP contribution in [0.15, 0.2) is 70.4 Å². The van der Waals surface area contributed by atoms with Gasteiger partial charge in [0.15, 0.2) is 5.76 Å². The first-order valence-corrected chi connectivity index (χ1v) is 8.83. The van der Waals surface area contributed by atoms with Crippen molar-refractivity contribution in [3.05, 3.63) is 71.7 Å². The molecule has 0 spiro atoms. The second-order valence-corrected chi connectivity index (χ2v) is 6.51. The van der Waals surface area contributed by atoms with Crippen LogP contribution in [0.2, 0.25) is 5.02 Å². The number of para-hydroxylation sites is 1. The summed E-state index contributed by atoms with van der Waals surface area (Å²) in [6.07, 6.45) is 1.70. The Morgan fingerprint density at radius 3 is 2.80 bits per heavy atom. The van der Waals surface area contributed by atoms with Gasteiger partial charge in [0, 0.05) is 10.6 Å². The Hall–Kier alpha value is -2.64. The van der Waals surface area contributed by atoms with Crippen molar-refractivity contribution >= 4 is 23.4 Å². The number of hydrogen-bond donors (Lipinski definition) is 0. The van der Waals surface area contributed by atoms with Gasteiger partial charge >= 0.3 is 0 Å². The Bertz CT molecular complexity index is 985. The molecule has 4 aromatic rings. The summed E-state index contributed by atoms with van der Waals surface area (Å²) >= 11 is 7.47. The molecule has 124 valence electrons. The molecule has 0 aliphatic carbocycles. The molecule has 0 bridgehead atoms. The van der Waals surface area contributed by atoms with Crippen LogP contribution >= 0.6 is 23.4 Å². The van der Waals surface area contributed by atoms with Gasteiger partial charge in [0.1, 0.15) is 0 Å². The lowest BCUT2D eigenvalue weighted by molar-refractivity contribution is 0.529. The van der Waals surface area contributed by atoms with Crippen LogP contribution in [-0.2, 0) is 5.75 Å². The van der Waals surface area contributed by atoms with Crippen molar-refractivity contribution in [2.24, 2.45) is 0 Å². The Balaban J connectivity index is 1.49. The van der Waals surface area contributed by atoms with Gasteiger partial charge < -0.3 is 4.42 Å². The monoisotopic (exact) mass is 369 g/mol. The molecule has 0 N–H and O–H groups in total. The maximum absolute atomic E-state index is 6.01. The minimum Gasteiger partial charge on any atom is -0.440 e. The number of rotatable bonds is 5. The van der Waals surface area contributed by atoms with Crippen molar-refractivity contribution in [2.75, 3.05) is 0 Å². The molecule has 0 aliphatic rings. The normalized spacial score (nSPS) is 10.9. The van der Waals surface area contributed by atoms with Gasteiger partial charge in [-0.05, 0) is 34.7 Å². The zero-order chi connectivity index (χ0) is 17.1. The predicted molar refractivity (Wildman–Crippen MR) is 95.7 cm³/mol. The molecule has 8 heteroatoms. The van der Waals surface area contributed by atoms with Crippen molar-refractivity contribution in [2.45, 2.75) is 10.9 Å². The molecule has 2 heterocycles. The topological polar surface area (TPSA) is 69.6 Å². The molecule has 0 radical (unpaired) electrons. The molecule has 0 aliphatic heterocycles. The number of oxazole rings is 1. The van der Waals surface area contributed by atoms with Crippen molar-refractivity contribution in [3.63, 3.8) is 0 Å². The standard InChI is InChI=1S/C17H12ClN5OS/c18-13-6-4-5-12(9-13)15-10-19-16(24-15)11-25-17-20-21-22-23(17)14-7-2-1-3-8-14/h1-10H,11H2. The number of aromatic nitrogens is 5. The second-order valence-electron chi connectivity index (χ2n) is 5.13. The van der Waals surface area contributed by atoms with Gasteiger partial charge in [-0.25, -0.2) is 4.98 Å². The number of nitrogens with zero attached hydrogens (tertiary/aromatic N) is 5. The predicted octanol–water partition coefficient (Wildman–Crippen LogP) is 4.26. The molecule has 25 heavy (non-hydrogen) atoms. The largest absolute Gasteiger partial charge is 0.440 e. The molecule has 0 unspecified atom stereocenters. The van der Waals surface area contributed by atoms with Crippen LogP contribution in [0.5, 0.6) is 0 Å². The fourth-order valence-electron chi connectivity index (χ4n) is 2.28. The quantitative estimate of drug-likeness (QED) is 0.489. The van der Waals surface area contributed by atoms with Gasteiger partial charge in [-0.15, -0.1) is 5.10 Å². The lowest BCUT2D eigenvalue weighted by Crippen LogP contribution is -1.98. The first-order valence-electron chi connectivity index (χ1n) is 7.47. The summed E-state index contributed by atoms with van der Waals surface area (Å²) in [6.45, 7) is 0. The SMILES string of the molecule is Clc1cccc(-c2cnc(CSc3nnnn3-c3ccccc3)o2)c1. The number of halogens is 1. The zero-order valence-electron chi connectivity index (χ0n) is 12.9. The summed E-state index contributed by atoms with van der Waals surface area (Å²) < 4.78 is 7.49. The van der Waals surface area contributed by atoms with Crippen LogP contribution < -0.4 is 0 Å². The highest BCUT2D eigenvalue weighted by Gasteiger charge is 2.12. The molecule has 0 amide bonds. The van der Waals surface area contributed by atoms with E-state index in [1.165, 1.54) is 11.8 Å². The van der Waals surface area contributed by atoms with Crippen molar-refractivity contribution in [1.29, 1.82) is 0 Å². The summed E-state index contributed by atoms with van der Waals surface area (Å²) in [7, 11) is 0. The molecule has 0 fully saturated rings. The molecule has 0 atom stereocenters. The fourth-order valence-corrected chi connectivity index (χ4v) is 3.21. The third-order valence-electron chi connectivity index (χ3n) is 3.43. The molecular formula is C17H12ClN5OS. The van der Waals surface area contributed by atoms with Crippen LogP contribution in [0.3, 0.4) is 0 Å². The Kier molecular flexibility index (Phi) is 4.49. The average molecular weight is 370 g/mol. The minimum atomic E-state index is 0.522. The van der Waals surface area contributed by atoms with E-state index in [2.05, 4.69) is 20.5 Å². The number of benzene rings is 2. The van der Waals surface area contributed by atoms with Gasteiger partial charge in [0.05, 0.1) is 17.6 Å². The highest BCUT2D eigenvalue weighted by Crippen LogP contribution is 2.27. The van der Waals surface area contributed by atoms with Gasteiger partial charge in [-0.1, -0.05) is 53.7 Å². The summed E-state index contributed by atoms with van der Waals surface area (Å²) in [6, 6.07) is 17.2. The van der Waals surface area contributed by atoms with E-state index < -0.39 is 0 Å². The van der Waals surface area contributed by atoms with Crippen LogP contribution in [0, 0.1) is 0 Å². The lowest BCUT2D eigenvalue weighted by Gasteiger charge is -2.02. The van der Waals surface area contributed by atoms with E-state index in [0.29, 0.717) is 27.6 Å². The van der Waals surface area contributed by atoms with E-state index in [-0.39, 0.29) is 0 Å². The molecule has 2 aromatic heterocycles. The van der Waals surface area contributed by atoms with Crippen LogP contribution in [0.1, 0.15) is 5.89 Å². The van der Waals surface area contributed by atoms with Crippen LogP contribution in [0.4, 0.5) is 0 Å². The van der Waals surface area contributed by atoms with Crippen molar-refractivity contribution in [3.8, 4) is 17.0 Å². The van der Waals surface area contributed by atoms with Crippen LogP contribution in [-0.4, -0.2) is 25.2 Å². The van der Waals surface area contributed by atoms with Gasteiger partial charge in [-0.3, -0.25) is 0 Å². The summed E-state index contributed by atoms with van der Waals surface area (Å²) in [5.74, 6) is 1.80. The van der Waals surface area contributed by atoms with Crippen molar-refractivity contribution < 1.29 is 4.42 Å². The van der Waals surface area contributed by atoms with E-state index >= 15 is 0 Å². The maximum Gasteiger partial charge on any atom is 0.214 e. The smallest absolute Gasteiger partial charge is 0.214 e. The van der Waals surface area contributed by atoms with E-state index in [0.717, 1.165) is 11.3 Å². The van der Waals surface area contributed by atoms with Gasteiger partial charge in [0.2, 0.25) is 11.0 Å². The van der Waals surface area contributed by atoms with Gasteiger partial charge in [-0.2, -0.15) is 4.68 Å². The highest BCUT2D eigenvalue weighted by atomic mass is 35.5. The van der Waals surface area contributed by atoms with Crippen molar-refractivity contribution in [1.82, 2.24) is 25.2 Å². The number of thioether (sulfide) groups is 1. The Morgan fingerprint density at radius 1 is 1.08 bits per heavy atom. The van der Waals surface area contributed by atoms with E-state index in [9.17, 15) is 0 Å². The summed E-state index contributed by atoms with van der Waals surface area (Å²) in [5.41, 5.74) is 1.80. The molecule has 6 nitrogen and oxygen atoms in total. The zero-order valence-corrected chi connectivity index (χ0v) is 14.5. The number of tetrazole rings is 1. The van der Waals surface area contributed by atoms with E-state index in [1.54, 1.807) is 10.9 Å². The fraction of sp³-hybridized carbons (Fsp3) is 0.0588. The maximum atomic E-state index is 6.01. The third kappa shape index (κ3) is 3.57. The molecule has 0 saturated heterocycles. The first-order chi connectivity index (χ1) is 12.3. The molecule has 0 saturated carbocycles. The molecular weight excluding hydrogens is 358 g/mol. The second kappa shape index (κ2) is 7.08. The lowest BCUT2D eigenvalue weighted by atomic mass is 10.2. The van der Waals surface area contributed by atoms with Crippen LogP contribution in [0.25, 0.3) is 17.0 Å². The highest BCUT2D eigenvalue weighted by molar-refractivity contribution is 7.98.